The number of anilines is 1. The third-order valence-corrected chi connectivity index (χ3v) is 4.20. The average molecular weight is 395 g/mol. The van der Waals surface area contributed by atoms with E-state index >= 15 is 0 Å². The summed E-state index contributed by atoms with van der Waals surface area (Å²) in [6.07, 6.45) is -1.10. The highest BCUT2D eigenvalue weighted by Gasteiger charge is 2.22. The van der Waals surface area contributed by atoms with Crippen LogP contribution in [0.15, 0.2) is 53.4 Å². The van der Waals surface area contributed by atoms with Gasteiger partial charge in [0.15, 0.2) is 6.10 Å². The predicted octanol–water partition coefficient (Wildman–Crippen LogP) is 4.58. The monoisotopic (exact) mass is 395 g/mol. The zero-order valence-electron chi connectivity index (χ0n) is 14.8. The summed E-state index contributed by atoms with van der Waals surface area (Å²) in [6.45, 7) is 3.80. The normalized spacial score (nSPS) is 11.7. The van der Waals surface area contributed by atoms with Crippen LogP contribution in [0.1, 0.15) is 24.2 Å². The van der Waals surface area contributed by atoms with Crippen molar-refractivity contribution < 1.29 is 27.8 Å². The van der Waals surface area contributed by atoms with Crippen molar-refractivity contribution in [1.82, 2.24) is 0 Å². The van der Waals surface area contributed by atoms with E-state index in [0.717, 1.165) is 0 Å². The number of esters is 1. The molecule has 0 heterocycles. The maximum atomic E-state index is 12.6. The van der Waals surface area contributed by atoms with Crippen LogP contribution < -0.4 is 10.1 Å². The van der Waals surface area contributed by atoms with E-state index in [1.807, 2.05) is 6.92 Å². The van der Waals surface area contributed by atoms with Gasteiger partial charge in [0, 0.05) is 10.6 Å². The number of carbonyl (C=O) groups is 2. The summed E-state index contributed by atoms with van der Waals surface area (Å²) in [5.41, 5.74) is 0.503. The van der Waals surface area contributed by atoms with Gasteiger partial charge < -0.3 is 14.8 Å². The number of alkyl halides is 2. The van der Waals surface area contributed by atoms with Gasteiger partial charge >= 0.3 is 5.97 Å². The lowest BCUT2D eigenvalue weighted by Crippen LogP contribution is -2.30. The molecule has 0 aliphatic carbocycles. The van der Waals surface area contributed by atoms with E-state index in [-0.39, 0.29) is 22.2 Å². The Hall–Kier alpha value is -2.61. The molecule has 0 aromatic heterocycles. The Labute approximate surface area is 160 Å². The molecule has 0 unspecified atom stereocenters. The number of ether oxygens (including phenoxy) is 2. The molecule has 8 heteroatoms. The molecule has 144 valence electrons. The Balaban J connectivity index is 1.98. The number of nitrogens with one attached hydrogen (secondary N) is 1. The zero-order chi connectivity index (χ0) is 19.8. The Morgan fingerprint density at radius 1 is 1.11 bits per heavy atom. The van der Waals surface area contributed by atoms with Crippen LogP contribution in [0.5, 0.6) is 5.75 Å². The van der Waals surface area contributed by atoms with E-state index in [0.29, 0.717) is 18.0 Å². The fourth-order valence-electron chi connectivity index (χ4n) is 2.16. The van der Waals surface area contributed by atoms with Crippen molar-refractivity contribution in [2.45, 2.75) is 30.6 Å². The van der Waals surface area contributed by atoms with E-state index < -0.39 is 23.7 Å². The summed E-state index contributed by atoms with van der Waals surface area (Å²) in [4.78, 5) is 24.6. The Kier molecular flexibility index (Phi) is 7.60. The van der Waals surface area contributed by atoms with Gasteiger partial charge in [-0.15, -0.1) is 0 Å². The van der Waals surface area contributed by atoms with Gasteiger partial charge in [0.1, 0.15) is 5.75 Å². The number of thioether (sulfide) groups is 1. The number of hydrogen-bond acceptors (Lipinski definition) is 5. The second kappa shape index (κ2) is 9.91. The van der Waals surface area contributed by atoms with E-state index in [2.05, 4.69) is 5.32 Å². The summed E-state index contributed by atoms with van der Waals surface area (Å²) in [5, 5.41) is 2.62. The highest BCUT2D eigenvalue weighted by Crippen LogP contribution is 2.29. The lowest BCUT2D eigenvalue weighted by Gasteiger charge is -2.15. The molecule has 27 heavy (non-hydrogen) atoms. The zero-order valence-corrected chi connectivity index (χ0v) is 15.6. The van der Waals surface area contributed by atoms with Crippen LogP contribution in [-0.4, -0.2) is 30.3 Å². The summed E-state index contributed by atoms with van der Waals surface area (Å²) >= 11 is 0.250. The topological polar surface area (TPSA) is 64.6 Å². The standard InChI is InChI=1S/C19H19F2NO4S/c1-3-25-14-10-8-13(9-11-14)22-17(23)12(2)26-18(24)15-6-4-5-7-16(15)27-19(20)21/h4-12,19H,3H2,1-2H3,(H,22,23)/t12-/m1/s1. The minimum Gasteiger partial charge on any atom is -0.494 e. The molecule has 2 aromatic carbocycles. The van der Waals surface area contributed by atoms with Gasteiger partial charge in [-0.25, -0.2) is 4.79 Å². The van der Waals surface area contributed by atoms with Crippen molar-refractivity contribution in [3.8, 4) is 5.75 Å². The average Bonchev–Trinajstić information content (AvgIpc) is 2.63. The number of amides is 1. The first-order chi connectivity index (χ1) is 12.9. The van der Waals surface area contributed by atoms with Crippen LogP contribution in [-0.2, 0) is 9.53 Å². The molecule has 0 bridgehead atoms. The number of benzene rings is 2. The number of rotatable bonds is 8. The highest BCUT2D eigenvalue weighted by atomic mass is 32.2. The molecular weight excluding hydrogens is 376 g/mol. The fourth-order valence-corrected chi connectivity index (χ4v) is 2.78. The number of hydrogen-bond donors (Lipinski definition) is 1. The van der Waals surface area contributed by atoms with Crippen molar-refractivity contribution in [2.75, 3.05) is 11.9 Å². The van der Waals surface area contributed by atoms with Gasteiger partial charge in [0.05, 0.1) is 12.2 Å². The van der Waals surface area contributed by atoms with Gasteiger partial charge in [0.2, 0.25) is 0 Å². The summed E-state index contributed by atoms with van der Waals surface area (Å²) < 4.78 is 35.7. The highest BCUT2D eigenvalue weighted by molar-refractivity contribution is 7.99. The molecule has 0 aliphatic heterocycles. The van der Waals surface area contributed by atoms with E-state index in [1.165, 1.54) is 25.1 Å². The molecule has 2 rings (SSSR count). The Morgan fingerprint density at radius 3 is 2.41 bits per heavy atom. The molecular formula is C19H19F2NO4S. The van der Waals surface area contributed by atoms with Crippen molar-refractivity contribution in [3.63, 3.8) is 0 Å². The van der Waals surface area contributed by atoms with E-state index in [9.17, 15) is 18.4 Å². The van der Waals surface area contributed by atoms with E-state index in [4.69, 9.17) is 9.47 Å². The van der Waals surface area contributed by atoms with Crippen molar-refractivity contribution in [1.29, 1.82) is 0 Å². The quantitative estimate of drug-likeness (QED) is 0.523. The number of halogens is 2. The van der Waals surface area contributed by atoms with E-state index in [1.54, 1.807) is 30.3 Å². The molecule has 5 nitrogen and oxygen atoms in total. The number of carbonyl (C=O) groups excluding carboxylic acids is 2. The Morgan fingerprint density at radius 2 is 1.78 bits per heavy atom. The maximum Gasteiger partial charge on any atom is 0.340 e. The first kappa shape index (κ1) is 20.7. The third-order valence-electron chi connectivity index (χ3n) is 3.41. The van der Waals surface area contributed by atoms with Gasteiger partial charge in [-0.2, -0.15) is 8.78 Å². The lowest BCUT2D eigenvalue weighted by atomic mass is 10.2. The second-order valence-corrected chi connectivity index (χ2v) is 6.40. The summed E-state index contributed by atoms with van der Waals surface area (Å²) in [5.74, 6) is -3.37. The molecule has 0 saturated heterocycles. The van der Waals surface area contributed by atoms with Gasteiger partial charge in [-0.3, -0.25) is 4.79 Å². The summed E-state index contributed by atoms with van der Waals surface area (Å²) in [7, 11) is 0. The molecule has 1 atom stereocenters. The van der Waals surface area contributed by atoms with Crippen LogP contribution in [0.3, 0.4) is 0 Å². The van der Waals surface area contributed by atoms with Crippen molar-refractivity contribution >= 4 is 29.3 Å². The lowest BCUT2D eigenvalue weighted by molar-refractivity contribution is -0.123. The van der Waals surface area contributed by atoms with Crippen molar-refractivity contribution in [2.24, 2.45) is 0 Å². The molecule has 0 radical (unpaired) electrons. The smallest absolute Gasteiger partial charge is 0.340 e. The van der Waals surface area contributed by atoms with Crippen LogP contribution in [0.25, 0.3) is 0 Å². The molecule has 0 aliphatic rings. The SMILES string of the molecule is CCOc1ccc(NC(=O)[C@@H](C)OC(=O)c2ccccc2SC(F)F)cc1. The fraction of sp³-hybridized carbons (Fsp3) is 0.263. The Bertz CT molecular complexity index is 784. The molecule has 0 spiro atoms. The van der Waals surface area contributed by atoms with Crippen LogP contribution in [0.4, 0.5) is 14.5 Å². The molecule has 0 saturated carbocycles. The molecule has 0 fully saturated rings. The molecule has 1 amide bonds. The molecule has 1 N–H and O–H groups in total. The van der Waals surface area contributed by atoms with Gasteiger partial charge in [-0.05, 0) is 50.2 Å². The minimum atomic E-state index is -2.67. The second-order valence-electron chi connectivity index (χ2n) is 5.37. The predicted molar refractivity (Wildman–Crippen MR) is 99.4 cm³/mol. The largest absolute Gasteiger partial charge is 0.494 e. The van der Waals surface area contributed by atoms with Crippen LogP contribution in [0.2, 0.25) is 0 Å². The third kappa shape index (κ3) is 6.25. The first-order valence-corrected chi connectivity index (χ1v) is 9.07. The maximum absolute atomic E-state index is 12.6. The molecule has 2 aromatic rings. The van der Waals surface area contributed by atoms with Gasteiger partial charge in [-0.1, -0.05) is 23.9 Å². The van der Waals surface area contributed by atoms with Gasteiger partial charge in [0.25, 0.3) is 11.7 Å². The summed E-state index contributed by atoms with van der Waals surface area (Å²) in [6, 6.07) is 12.6. The minimum absolute atomic E-state index is 0.0106. The van der Waals surface area contributed by atoms with Crippen LogP contribution in [0, 0.1) is 0 Å². The first-order valence-electron chi connectivity index (χ1n) is 8.19. The van der Waals surface area contributed by atoms with Crippen molar-refractivity contribution in [3.05, 3.63) is 54.1 Å². The van der Waals surface area contributed by atoms with Crippen LogP contribution >= 0.6 is 11.8 Å².